The van der Waals surface area contributed by atoms with Crippen molar-refractivity contribution in [3.05, 3.63) is 13.8 Å². The SMILES string of the molecule is [CH2-]C1CCCN1C.[CH2-]CN.[W+2]. The van der Waals surface area contributed by atoms with Crippen LogP contribution in [0.2, 0.25) is 0 Å². The quantitative estimate of drug-likeness (QED) is 0.664. The summed E-state index contributed by atoms with van der Waals surface area (Å²) < 4.78 is 0. The molecule has 0 aromatic heterocycles. The molecular formula is C8H18N2W. The first kappa shape index (κ1) is 14.2. The van der Waals surface area contributed by atoms with Crippen molar-refractivity contribution in [1.29, 1.82) is 0 Å². The van der Waals surface area contributed by atoms with Gasteiger partial charge in [0, 0.05) is 0 Å². The van der Waals surface area contributed by atoms with E-state index in [1.54, 1.807) is 0 Å². The van der Waals surface area contributed by atoms with E-state index in [2.05, 4.69) is 25.8 Å². The van der Waals surface area contributed by atoms with Crippen molar-refractivity contribution in [2.75, 3.05) is 20.1 Å². The summed E-state index contributed by atoms with van der Waals surface area (Å²) >= 11 is 0. The molecule has 1 aliphatic heterocycles. The summed E-state index contributed by atoms with van der Waals surface area (Å²) in [6, 6.07) is 0.597. The Morgan fingerprint density at radius 3 is 2.18 bits per heavy atom. The summed E-state index contributed by atoms with van der Waals surface area (Å²) in [6.45, 7) is 8.95. The van der Waals surface area contributed by atoms with Gasteiger partial charge < -0.3 is 24.5 Å². The molecule has 0 bridgehead atoms. The second-order valence-corrected chi connectivity index (χ2v) is 2.57. The summed E-state index contributed by atoms with van der Waals surface area (Å²) in [5.74, 6) is 0. The van der Waals surface area contributed by atoms with Crippen LogP contribution in [0.25, 0.3) is 0 Å². The van der Waals surface area contributed by atoms with E-state index in [9.17, 15) is 0 Å². The first-order valence-electron chi connectivity index (χ1n) is 3.75. The molecule has 2 nitrogen and oxygen atoms in total. The largest absolute Gasteiger partial charge is 2.00 e. The van der Waals surface area contributed by atoms with Gasteiger partial charge in [-0.15, -0.1) is 12.6 Å². The summed E-state index contributed by atoms with van der Waals surface area (Å²) in [6.07, 6.45) is 2.63. The van der Waals surface area contributed by atoms with Crippen LogP contribution in [-0.2, 0) is 21.1 Å². The second-order valence-electron chi connectivity index (χ2n) is 2.57. The Labute approximate surface area is 84.8 Å². The summed E-state index contributed by atoms with van der Waals surface area (Å²) in [5.41, 5.74) is 4.74. The van der Waals surface area contributed by atoms with Crippen molar-refractivity contribution in [3.63, 3.8) is 0 Å². The molecule has 1 heterocycles. The zero-order valence-corrected chi connectivity index (χ0v) is 10.2. The Kier molecular flexibility index (Phi) is 11.2. The summed E-state index contributed by atoms with van der Waals surface area (Å²) in [5, 5.41) is 0. The van der Waals surface area contributed by atoms with Gasteiger partial charge >= 0.3 is 21.1 Å². The van der Waals surface area contributed by atoms with Gasteiger partial charge in [-0.25, -0.2) is 0 Å². The van der Waals surface area contributed by atoms with Crippen LogP contribution in [-0.4, -0.2) is 31.1 Å². The minimum atomic E-state index is 0. The monoisotopic (exact) mass is 326 g/mol. The fourth-order valence-corrected chi connectivity index (χ4v) is 0.979. The van der Waals surface area contributed by atoms with Gasteiger partial charge in [-0.2, -0.15) is 0 Å². The van der Waals surface area contributed by atoms with Crippen molar-refractivity contribution in [2.45, 2.75) is 18.9 Å². The smallest absolute Gasteiger partial charge is 0.360 e. The number of hydrogen-bond donors (Lipinski definition) is 1. The summed E-state index contributed by atoms with van der Waals surface area (Å²) in [4.78, 5) is 2.29. The molecule has 0 aliphatic carbocycles. The van der Waals surface area contributed by atoms with Crippen LogP contribution in [0.5, 0.6) is 0 Å². The fourth-order valence-electron chi connectivity index (χ4n) is 0.979. The average molecular weight is 326 g/mol. The maximum Gasteiger partial charge on any atom is 2.00 e. The molecule has 66 valence electrons. The Hall–Kier alpha value is 0.608. The third-order valence-corrected chi connectivity index (χ3v) is 1.67. The van der Waals surface area contributed by atoms with Crippen molar-refractivity contribution in [2.24, 2.45) is 5.73 Å². The second kappa shape index (κ2) is 8.70. The molecule has 1 saturated heterocycles. The van der Waals surface area contributed by atoms with Gasteiger partial charge in [-0.3, -0.25) is 0 Å². The Bertz CT molecular complexity index is 70.5. The van der Waals surface area contributed by atoms with Crippen LogP contribution in [0.1, 0.15) is 12.8 Å². The van der Waals surface area contributed by atoms with Crippen molar-refractivity contribution < 1.29 is 21.1 Å². The van der Waals surface area contributed by atoms with Gasteiger partial charge in [0.1, 0.15) is 0 Å². The molecule has 0 aromatic carbocycles. The van der Waals surface area contributed by atoms with Crippen LogP contribution in [0, 0.1) is 13.8 Å². The zero-order chi connectivity index (χ0) is 7.98. The van der Waals surface area contributed by atoms with Gasteiger partial charge in [0.15, 0.2) is 0 Å². The zero-order valence-electron chi connectivity index (χ0n) is 7.25. The number of nitrogens with two attached hydrogens (primary N) is 1. The Morgan fingerprint density at radius 2 is 2.09 bits per heavy atom. The van der Waals surface area contributed by atoms with E-state index in [1.165, 1.54) is 19.4 Å². The molecule has 0 radical (unpaired) electrons. The van der Waals surface area contributed by atoms with E-state index < -0.39 is 0 Å². The molecule has 0 amide bonds. The van der Waals surface area contributed by atoms with Crippen molar-refractivity contribution >= 4 is 0 Å². The predicted molar refractivity (Wildman–Crippen MR) is 45.4 cm³/mol. The van der Waals surface area contributed by atoms with E-state index >= 15 is 0 Å². The molecule has 0 spiro atoms. The van der Waals surface area contributed by atoms with E-state index in [0.717, 1.165) is 0 Å². The molecular weight excluding hydrogens is 308 g/mol. The third kappa shape index (κ3) is 6.99. The minimum absolute atomic E-state index is 0. The van der Waals surface area contributed by atoms with E-state index in [4.69, 9.17) is 5.73 Å². The van der Waals surface area contributed by atoms with E-state index in [-0.39, 0.29) is 21.1 Å². The molecule has 1 atom stereocenters. The molecule has 11 heavy (non-hydrogen) atoms. The van der Waals surface area contributed by atoms with Gasteiger partial charge in [0.2, 0.25) is 0 Å². The Morgan fingerprint density at radius 1 is 1.64 bits per heavy atom. The van der Waals surface area contributed by atoms with Gasteiger partial charge in [0.05, 0.1) is 0 Å². The number of rotatable bonds is 0. The molecule has 2 N–H and O–H groups in total. The molecule has 3 heteroatoms. The summed E-state index contributed by atoms with van der Waals surface area (Å²) in [7, 11) is 2.13. The molecule has 1 rings (SSSR count). The van der Waals surface area contributed by atoms with Crippen molar-refractivity contribution in [3.8, 4) is 0 Å². The van der Waals surface area contributed by atoms with Gasteiger partial charge in [0.25, 0.3) is 0 Å². The van der Waals surface area contributed by atoms with Crippen LogP contribution < -0.4 is 5.73 Å². The number of hydrogen-bond acceptors (Lipinski definition) is 2. The van der Waals surface area contributed by atoms with Crippen LogP contribution in [0.3, 0.4) is 0 Å². The number of nitrogens with zero attached hydrogens (tertiary/aromatic N) is 1. The average Bonchev–Trinajstić information content (AvgIpc) is 2.19. The van der Waals surface area contributed by atoms with Crippen molar-refractivity contribution in [1.82, 2.24) is 4.90 Å². The topological polar surface area (TPSA) is 29.3 Å². The standard InChI is InChI=1S/C6H12N.C2H6N.W/c1-6-4-3-5-7(6)2;1-2-3;/h6H,1,3-5H2,2H3;1-3H2;/q2*-1;+2. The fraction of sp³-hybridized carbons (Fsp3) is 0.750. The molecule has 0 saturated carbocycles. The molecule has 1 unspecified atom stereocenters. The van der Waals surface area contributed by atoms with Gasteiger partial charge in [-0.05, 0) is 20.0 Å². The normalized spacial score (nSPS) is 23.5. The first-order valence-corrected chi connectivity index (χ1v) is 3.75. The van der Waals surface area contributed by atoms with E-state index in [0.29, 0.717) is 12.6 Å². The van der Waals surface area contributed by atoms with Crippen LogP contribution >= 0.6 is 0 Å². The maximum absolute atomic E-state index is 4.74. The molecule has 1 fully saturated rings. The van der Waals surface area contributed by atoms with E-state index in [1.807, 2.05) is 0 Å². The molecule has 1 aliphatic rings. The Balaban J connectivity index is 0. The van der Waals surface area contributed by atoms with Crippen LogP contribution in [0.15, 0.2) is 0 Å². The first-order chi connectivity index (χ1) is 4.72. The minimum Gasteiger partial charge on any atom is -0.360 e. The van der Waals surface area contributed by atoms with Crippen LogP contribution in [0.4, 0.5) is 0 Å². The third-order valence-electron chi connectivity index (χ3n) is 1.67. The van der Waals surface area contributed by atoms with Gasteiger partial charge in [-0.1, -0.05) is 6.42 Å². The predicted octanol–water partition coefficient (Wildman–Crippen LogP) is 0.691. The maximum atomic E-state index is 4.74. The molecule has 0 aromatic rings. The number of likely N-dealkylation sites (tertiary alicyclic amines) is 1.